The molecule has 2 aromatic carbocycles. The Kier molecular flexibility index (Phi) is 5.72. The molecule has 1 N–H and O–H groups in total. The molecule has 0 aromatic heterocycles. The molecule has 0 bridgehead atoms. The zero-order valence-corrected chi connectivity index (χ0v) is 15.5. The van der Waals surface area contributed by atoms with Gasteiger partial charge in [-0.1, -0.05) is 41.1 Å². The van der Waals surface area contributed by atoms with Gasteiger partial charge in [0.15, 0.2) is 6.10 Å². The number of nitriles is 1. The van der Waals surface area contributed by atoms with Gasteiger partial charge in [-0.25, -0.2) is 4.79 Å². The van der Waals surface area contributed by atoms with Crippen LogP contribution in [-0.2, 0) is 4.84 Å². The van der Waals surface area contributed by atoms with Gasteiger partial charge in [0, 0.05) is 18.7 Å². The van der Waals surface area contributed by atoms with Crippen molar-refractivity contribution in [3.63, 3.8) is 0 Å². The van der Waals surface area contributed by atoms with Crippen LogP contribution in [0.1, 0.15) is 30.0 Å². The SMILES string of the molecule is CCN(CC1CC(c2ccc(C)cc2)=NO1)C(=O)Nc1cccc(C#N)c1. The van der Waals surface area contributed by atoms with Crippen LogP contribution in [-0.4, -0.2) is 35.8 Å². The second-order valence-corrected chi connectivity index (χ2v) is 6.50. The van der Waals surface area contributed by atoms with E-state index in [4.69, 9.17) is 10.1 Å². The highest BCUT2D eigenvalue weighted by Gasteiger charge is 2.26. The van der Waals surface area contributed by atoms with Gasteiger partial charge in [-0.3, -0.25) is 0 Å². The summed E-state index contributed by atoms with van der Waals surface area (Å²) in [5, 5.41) is 16.0. The monoisotopic (exact) mass is 362 g/mol. The lowest BCUT2D eigenvalue weighted by atomic mass is 10.0. The van der Waals surface area contributed by atoms with Crippen molar-refractivity contribution in [1.29, 1.82) is 5.26 Å². The highest BCUT2D eigenvalue weighted by Crippen LogP contribution is 2.19. The number of benzene rings is 2. The fourth-order valence-corrected chi connectivity index (χ4v) is 2.91. The first-order chi connectivity index (χ1) is 13.1. The fourth-order valence-electron chi connectivity index (χ4n) is 2.91. The summed E-state index contributed by atoms with van der Waals surface area (Å²) in [6, 6.07) is 16.9. The number of aryl methyl sites for hydroxylation is 1. The van der Waals surface area contributed by atoms with E-state index in [0.717, 1.165) is 11.3 Å². The number of nitrogens with one attached hydrogen (secondary N) is 1. The number of rotatable bonds is 5. The molecule has 2 aromatic rings. The molecule has 1 aliphatic rings. The summed E-state index contributed by atoms with van der Waals surface area (Å²) >= 11 is 0. The number of carbonyl (C=O) groups excluding carboxylic acids is 1. The molecule has 1 atom stereocenters. The van der Waals surface area contributed by atoms with Crippen LogP contribution >= 0.6 is 0 Å². The van der Waals surface area contributed by atoms with Crippen LogP contribution in [0.25, 0.3) is 0 Å². The van der Waals surface area contributed by atoms with Gasteiger partial charge in [0.25, 0.3) is 0 Å². The molecule has 2 amide bonds. The number of anilines is 1. The Balaban J connectivity index is 1.58. The van der Waals surface area contributed by atoms with Crippen molar-refractivity contribution >= 4 is 17.4 Å². The Morgan fingerprint density at radius 2 is 2.11 bits per heavy atom. The molecule has 1 aliphatic heterocycles. The summed E-state index contributed by atoms with van der Waals surface area (Å²) in [6.07, 6.45) is 0.494. The standard InChI is InChI=1S/C21H22N4O2/c1-3-25(21(26)23-18-6-4-5-16(11-18)13-22)14-19-12-20(24-27-19)17-9-7-15(2)8-10-17/h4-11,19H,3,12,14H2,1-2H3,(H,23,26). The lowest BCUT2D eigenvalue weighted by Crippen LogP contribution is -2.40. The lowest BCUT2D eigenvalue weighted by molar-refractivity contribution is 0.0633. The average molecular weight is 362 g/mol. The first-order valence-corrected chi connectivity index (χ1v) is 8.95. The van der Waals surface area contributed by atoms with Crippen LogP contribution in [0, 0.1) is 18.3 Å². The van der Waals surface area contributed by atoms with E-state index in [1.165, 1.54) is 5.56 Å². The van der Waals surface area contributed by atoms with E-state index in [9.17, 15) is 4.79 Å². The number of likely N-dealkylation sites (N-methyl/N-ethyl adjacent to an activating group) is 1. The Labute approximate surface area is 159 Å². The minimum absolute atomic E-state index is 0.169. The van der Waals surface area contributed by atoms with Crippen LogP contribution in [0.5, 0.6) is 0 Å². The summed E-state index contributed by atoms with van der Waals surface area (Å²) in [4.78, 5) is 19.8. The van der Waals surface area contributed by atoms with Crippen molar-refractivity contribution in [2.75, 3.05) is 18.4 Å². The van der Waals surface area contributed by atoms with E-state index in [2.05, 4.69) is 16.5 Å². The Bertz CT molecular complexity index is 884. The molecule has 0 radical (unpaired) electrons. The zero-order valence-electron chi connectivity index (χ0n) is 15.5. The fraction of sp³-hybridized carbons (Fsp3) is 0.286. The summed E-state index contributed by atoms with van der Waals surface area (Å²) in [5.74, 6) is 0. The number of carbonyl (C=O) groups is 1. The van der Waals surface area contributed by atoms with Gasteiger partial charge in [0.05, 0.1) is 23.9 Å². The maximum Gasteiger partial charge on any atom is 0.321 e. The molecular weight excluding hydrogens is 340 g/mol. The zero-order chi connectivity index (χ0) is 19.2. The van der Waals surface area contributed by atoms with Crippen LogP contribution in [0.15, 0.2) is 53.7 Å². The van der Waals surface area contributed by atoms with Gasteiger partial charge in [-0.05, 0) is 37.6 Å². The van der Waals surface area contributed by atoms with Crippen molar-refractivity contribution in [2.24, 2.45) is 5.16 Å². The summed E-state index contributed by atoms with van der Waals surface area (Å²) in [7, 11) is 0. The quantitative estimate of drug-likeness (QED) is 0.876. The summed E-state index contributed by atoms with van der Waals surface area (Å²) in [5.41, 5.74) is 4.25. The minimum atomic E-state index is -0.222. The third-order valence-electron chi connectivity index (χ3n) is 4.45. The third kappa shape index (κ3) is 4.64. The first-order valence-electron chi connectivity index (χ1n) is 8.95. The Hall–Kier alpha value is -3.33. The van der Waals surface area contributed by atoms with Crippen molar-refractivity contribution in [3.05, 3.63) is 65.2 Å². The van der Waals surface area contributed by atoms with Crippen LogP contribution < -0.4 is 5.32 Å². The molecule has 0 saturated heterocycles. The number of amides is 2. The molecule has 0 fully saturated rings. The van der Waals surface area contributed by atoms with Gasteiger partial charge in [0.2, 0.25) is 0 Å². The number of oxime groups is 1. The predicted octanol–water partition coefficient (Wildman–Crippen LogP) is 3.91. The van der Waals surface area contributed by atoms with Crippen molar-refractivity contribution in [1.82, 2.24) is 4.90 Å². The van der Waals surface area contributed by atoms with Gasteiger partial charge in [-0.2, -0.15) is 5.26 Å². The van der Waals surface area contributed by atoms with Crippen LogP contribution in [0.2, 0.25) is 0 Å². The highest BCUT2D eigenvalue weighted by molar-refractivity contribution is 6.01. The van der Waals surface area contributed by atoms with E-state index >= 15 is 0 Å². The van der Waals surface area contributed by atoms with E-state index in [1.807, 2.05) is 38.1 Å². The minimum Gasteiger partial charge on any atom is -0.390 e. The average Bonchev–Trinajstić information content (AvgIpc) is 3.15. The van der Waals surface area contributed by atoms with Crippen LogP contribution in [0.3, 0.4) is 0 Å². The Morgan fingerprint density at radius 1 is 1.33 bits per heavy atom. The van der Waals surface area contributed by atoms with Gasteiger partial charge in [-0.15, -0.1) is 0 Å². The third-order valence-corrected chi connectivity index (χ3v) is 4.45. The first kappa shape index (κ1) is 18.5. The van der Waals surface area contributed by atoms with Crippen molar-refractivity contribution < 1.29 is 9.63 Å². The molecule has 0 saturated carbocycles. The maximum atomic E-state index is 12.6. The predicted molar refractivity (Wildman–Crippen MR) is 105 cm³/mol. The second kappa shape index (κ2) is 8.37. The number of hydrogen-bond acceptors (Lipinski definition) is 4. The topological polar surface area (TPSA) is 77.7 Å². The molecule has 1 heterocycles. The molecular formula is C21H22N4O2. The number of urea groups is 1. The van der Waals surface area contributed by atoms with E-state index in [1.54, 1.807) is 29.2 Å². The van der Waals surface area contributed by atoms with Crippen molar-refractivity contribution in [3.8, 4) is 6.07 Å². The molecule has 0 spiro atoms. The normalized spacial score (nSPS) is 15.4. The number of hydrogen-bond donors (Lipinski definition) is 1. The number of nitrogens with zero attached hydrogens (tertiary/aromatic N) is 3. The Morgan fingerprint density at radius 3 is 2.81 bits per heavy atom. The molecule has 0 aliphatic carbocycles. The highest BCUT2D eigenvalue weighted by atomic mass is 16.6. The largest absolute Gasteiger partial charge is 0.390 e. The van der Waals surface area contributed by atoms with Gasteiger partial charge < -0.3 is 15.1 Å². The van der Waals surface area contributed by atoms with E-state index < -0.39 is 0 Å². The molecule has 6 nitrogen and oxygen atoms in total. The van der Waals surface area contributed by atoms with Gasteiger partial charge in [0.1, 0.15) is 0 Å². The van der Waals surface area contributed by atoms with Crippen molar-refractivity contribution in [2.45, 2.75) is 26.4 Å². The second-order valence-electron chi connectivity index (χ2n) is 6.50. The smallest absolute Gasteiger partial charge is 0.321 e. The van der Waals surface area contributed by atoms with Crippen LogP contribution in [0.4, 0.5) is 10.5 Å². The van der Waals surface area contributed by atoms with Gasteiger partial charge >= 0.3 is 6.03 Å². The van der Waals surface area contributed by atoms with E-state index in [0.29, 0.717) is 30.8 Å². The molecule has 138 valence electrons. The maximum absolute atomic E-state index is 12.6. The molecule has 27 heavy (non-hydrogen) atoms. The summed E-state index contributed by atoms with van der Waals surface area (Å²) < 4.78 is 0. The molecule has 1 unspecified atom stereocenters. The molecule has 3 rings (SSSR count). The molecule has 6 heteroatoms. The van der Waals surface area contributed by atoms with E-state index in [-0.39, 0.29) is 12.1 Å². The lowest BCUT2D eigenvalue weighted by Gasteiger charge is -2.23. The summed E-state index contributed by atoms with van der Waals surface area (Å²) in [6.45, 7) is 4.95.